The molecule has 0 saturated carbocycles. The molecule has 0 aliphatic rings. The molecule has 1 heterocycles. The molecule has 1 rings (SSSR count). The van der Waals surface area contributed by atoms with Gasteiger partial charge >= 0.3 is 0 Å². The van der Waals surface area contributed by atoms with E-state index in [1.165, 1.54) is 0 Å². The van der Waals surface area contributed by atoms with Crippen molar-refractivity contribution >= 4 is 11.7 Å². The lowest BCUT2D eigenvalue weighted by atomic mass is 9.97. The van der Waals surface area contributed by atoms with Crippen molar-refractivity contribution in [3.63, 3.8) is 0 Å². The van der Waals surface area contributed by atoms with Gasteiger partial charge in [0.25, 0.3) is 5.91 Å². The third-order valence-corrected chi connectivity index (χ3v) is 2.66. The van der Waals surface area contributed by atoms with Gasteiger partial charge in [-0.15, -0.1) is 10.2 Å². The molecule has 16 heavy (non-hydrogen) atoms. The summed E-state index contributed by atoms with van der Waals surface area (Å²) in [4.78, 5) is 11.6. The third-order valence-electron chi connectivity index (χ3n) is 2.66. The molecule has 0 bridgehead atoms. The zero-order valence-corrected chi connectivity index (χ0v) is 10.2. The molecule has 1 unspecified atom stereocenters. The molecule has 1 aromatic rings. The fraction of sp³-hybridized carbons (Fsp3) is 0.545. The second kappa shape index (κ2) is 5.44. The maximum Gasteiger partial charge on any atom is 0.271 e. The first-order valence-corrected chi connectivity index (χ1v) is 5.41. The number of anilines is 1. The van der Waals surface area contributed by atoms with Crippen LogP contribution in [-0.4, -0.2) is 30.2 Å². The van der Waals surface area contributed by atoms with Crippen LogP contribution in [0, 0.1) is 0 Å². The largest absolute Gasteiger partial charge is 0.372 e. The Hall–Kier alpha value is -1.65. The maximum atomic E-state index is 11.6. The van der Waals surface area contributed by atoms with Crippen LogP contribution in [0.15, 0.2) is 6.07 Å². The highest BCUT2D eigenvalue weighted by Gasteiger charge is 2.17. The van der Waals surface area contributed by atoms with E-state index in [9.17, 15) is 4.79 Å². The Labute approximate surface area is 98.6 Å². The molecule has 92 valence electrons. The molecule has 0 spiro atoms. The number of amides is 1. The average molecular weight is 226 g/mol. The van der Waals surface area contributed by atoms with E-state index in [0.717, 1.165) is 12.0 Å². The first kappa shape index (κ1) is 12.4. The topological polar surface area (TPSA) is 66.9 Å². The van der Waals surface area contributed by atoms with Gasteiger partial charge in [0.15, 0.2) is 5.69 Å². The lowest BCUT2D eigenvalue weighted by Gasteiger charge is -2.13. The van der Waals surface area contributed by atoms with Crippen molar-refractivity contribution < 1.29 is 7.65 Å². The number of carbonyl (C=O) groups is 1. The quantitative estimate of drug-likeness (QED) is 0.822. The monoisotopic (exact) mass is 226 g/mol. The van der Waals surface area contributed by atoms with E-state index in [1.807, 2.05) is 6.07 Å². The SMILES string of the molecule is CCC(C)c1cc(NC)nnc1C(=O)NC.[HH].[HH]. The maximum absolute atomic E-state index is 11.6. The lowest BCUT2D eigenvalue weighted by Crippen LogP contribution is -2.22. The van der Waals surface area contributed by atoms with Crippen molar-refractivity contribution in [2.75, 3.05) is 19.4 Å². The van der Waals surface area contributed by atoms with Gasteiger partial charge in [-0.25, -0.2) is 0 Å². The second-order valence-corrected chi connectivity index (χ2v) is 3.67. The molecule has 5 nitrogen and oxygen atoms in total. The molecular formula is C11H22N4O. The number of aromatic nitrogens is 2. The van der Waals surface area contributed by atoms with Crippen molar-refractivity contribution in [1.29, 1.82) is 0 Å². The number of carbonyl (C=O) groups excluding carboxylic acids is 1. The molecule has 2 N–H and O–H groups in total. The summed E-state index contributed by atoms with van der Waals surface area (Å²) in [5, 5.41) is 13.4. The van der Waals surface area contributed by atoms with Crippen molar-refractivity contribution in [2.24, 2.45) is 0 Å². The lowest BCUT2D eigenvalue weighted by molar-refractivity contribution is 0.0955. The Morgan fingerprint density at radius 2 is 2.19 bits per heavy atom. The first-order chi connectivity index (χ1) is 7.63. The Bertz CT molecular complexity index is 387. The van der Waals surface area contributed by atoms with E-state index in [0.29, 0.717) is 11.5 Å². The highest BCUT2D eigenvalue weighted by molar-refractivity contribution is 5.93. The summed E-state index contributed by atoms with van der Waals surface area (Å²) in [6, 6.07) is 1.88. The van der Waals surface area contributed by atoms with Gasteiger partial charge < -0.3 is 10.6 Å². The highest BCUT2D eigenvalue weighted by Crippen LogP contribution is 2.23. The molecule has 0 fully saturated rings. The van der Waals surface area contributed by atoms with Crippen molar-refractivity contribution in [1.82, 2.24) is 15.5 Å². The minimum absolute atomic E-state index is 0. The van der Waals surface area contributed by atoms with Crippen LogP contribution in [0.1, 0.15) is 45.1 Å². The van der Waals surface area contributed by atoms with E-state index in [4.69, 9.17) is 0 Å². The van der Waals surface area contributed by atoms with Crippen LogP contribution in [0.3, 0.4) is 0 Å². The number of hydrogen-bond donors (Lipinski definition) is 2. The smallest absolute Gasteiger partial charge is 0.271 e. The molecule has 0 radical (unpaired) electrons. The van der Waals surface area contributed by atoms with Crippen LogP contribution in [0.25, 0.3) is 0 Å². The van der Waals surface area contributed by atoms with E-state index >= 15 is 0 Å². The summed E-state index contributed by atoms with van der Waals surface area (Å²) >= 11 is 0. The molecule has 5 heteroatoms. The van der Waals surface area contributed by atoms with Gasteiger partial charge in [-0.05, 0) is 24.0 Å². The average Bonchev–Trinajstić information content (AvgIpc) is 2.36. The standard InChI is InChI=1S/C11H18N4O.2H2/c1-5-7(2)8-6-9(12-3)14-15-10(8)11(16)13-4;;/h6-7H,5H2,1-4H3,(H,12,14)(H,13,16);2*1H. The molecule has 1 aromatic heterocycles. The molecule has 0 saturated heterocycles. The summed E-state index contributed by atoms with van der Waals surface area (Å²) < 4.78 is 0. The molecule has 1 atom stereocenters. The van der Waals surface area contributed by atoms with Crippen LogP contribution < -0.4 is 10.6 Å². The van der Waals surface area contributed by atoms with Gasteiger partial charge in [-0.3, -0.25) is 4.79 Å². The highest BCUT2D eigenvalue weighted by atomic mass is 16.1. The van der Waals surface area contributed by atoms with Crippen LogP contribution in [0.5, 0.6) is 0 Å². The van der Waals surface area contributed by atoms with E-state index in [-0.39, 0.29) is 14.7 Å². The van der Waals surface area contributed by atoms with Gasteiger partial charge in [0, 0.05) is 16.9 Å². The molecule has 0 aliphatic heterocycles. The van der Waals surface area contributed by atoms with Gasteiger partial charge in [0.1, 0.15) is 5.82 Å². The van der Waals surface area contributed by atoms with Crippen molar-refractivity contribution in [2.45, 2.75) is 26.2 Å². The van der Waals surface area contributed by atoms with Crippen molar-refractivity contribution in [3.8, 4) is 0 Å². The number of rotatable bonds is 4. The third kappa shape index (κ3) is 2.48. The zero-order chi connectivity index (χ0) is 12.1. The summed E-state index contributed by atoms with van der Waals surface area (Å²) in [6.07, 6.45) is 0.957. The Balaban J connectivity index is 0. The predicted molar refractivity (Wildman–Crippen MR) is 67.9 cm³/mol. The number of nitrogens with zero attached hydrogens (tertiary/aromatic N) is 2. The first-order valence-electron chi connectivity index (χ1n) is 5.41. The Kier molecular flexibility index (Phi) is 4.22. The van der Waals surface area contributed by atoms with Crippen LogP contribution >= 0.6 is 0 Å². The Morgan fingerprint density at radius 1 is 1.50 bits per heavy atom. The number of hydrogen-bond acceptors (Lipinski definition) is 4. The summed E-state index contributed by atoms with van der Waals surface area (Å²) in [5.74, 6) is 0.781. The minimum Gasteiger partial charge on any atom is -0.372 e. The second-order valence-electron chi connectivity index (χ2n) is 3.67. The van der Waals surface area contributed by atoms with Crippen LogP contribution in [-0.2, 0) is 0 Å². The fourth-order valence-corrected chi connectivity index (χ4v) is 1.42. The fourth-order valence-electron chi connectivity index (χ4n) is 1.42. The molecule has 0 aromatic carbocycles. The zero-order valence-electron chi connectivity index (χ0n) is 10.2. The van der Waals surface area contributed by atoms with E-state index in [1.54, 1.807) is 14.1 Å². The van der Waals surface area contributed by atoms with Gasteiger partial charge in [0.05, 0.1) is 0 Å². The predicted octanol–water partition coefficient (Wildman–Crippen LogP) is 1.88. The van der Waals surface area contributed by atoms with Crippen LogP contribution in [0.2, 0.25) is 0 Å². The molecule has 0 aliphatic carbocycles. The van der Waals surface area contributed by atoms with Crippen molar-refractivity contribution in [3.05, 3.63) is 17.3 Å². The summed E-state index contributed by atoms with van der Waals surface area (Å²) in [7, 11) is 3.38. The van der Waals surface area contributed by atoms with E-state index < -0.39 is 0 Å². The van der Waals surface area contributed by atoms with E-state index in [2.05, 4.69) is 34.7 Å². The van der Waals surface area contributed by atoms with Gasteiger partial charge in [-0.2, -0.15) is 0 Å². The summed E-state index contributed by atoms with van der Waals surface area (Å²) in [5.41, 5.74) is 1.34. The molecular weight excluding hydrogens is 204 g/mol. The Morgan fingerprint density at radius 3 is 2.69 bits per heavy atom. The summed E-state index contributed by atoms with van der Waals surface area (Å²) in [6.45, 7) is 4.15. The van der Waals surface area contributed by atoms with Gasteiger partial charge in [0.2, 0.25) is 0 Å². The van der Waals surface area contributed by atoms with Crippen LogP contribution in [0.4, 0.5) is 5.82 Å². The number of nitrogens with one attached hydrogen (secondary N) is 2. The normalized spacial score (nSPS) is 12.0. The van der Waals surface area contributed by atoms with Gasteiger partial charge in [-0.1, -0.05) is 13.8 Å². The molecule has 1 amide bonds. The minimum atomic E-state index is -0.189.